The molecule has 0 aliphatic carbocycles. The molecule has 0 unspecified atom stereocenters. The molecule has 0 atom stereocenters. The van der Waals surface area contributed by atoms with Crippen molar-refractivity contribution in [1.82, 2.24) is 10.3 Å². The summed E-state index contributed by atoms with van der Waals surface area (Å²) in [7, 11) is 2.05. The summed E-state index contributed by atoms with van der Waals surface area (Å²) >= 11 is 1.68. The molecule has 1 N–H and O–H groups in total. The molecular weight excluding hydrogens is 258 g/mol. The van der Waals surface area contributed by atoms with Crippen LogP contribution < -0.4 is 10.2 Å². The molecule has 2 rings (SSSR count). The van der Waals surface area contributed by atoms with Gasteiger partial charge in [0, 0.05) is 31.1 Å². The van der Waals surface area contributed by atoms with Gasteiger partial charge in [-0.25, -0.2) is 4.98 Å². The van der Waals surface area contributed by atoms with E-state index in [0.29, 0.717) is 5.92 Å². The van der Waals surface area contributed by atoms with E-state index in [9.17, 15) is 0 Å². The predicted molar refractivity (Wildman–Crippen MR) is 79.5 cm³/mol. The zero-order chi connectivity index (χ0) is 13.7. The summed E-state index contributed by atoms with van der Waals surface area (Å²) in [6.45, 7) is 7.10. The van der Waals surface area contributed by atoms with Crippen molar-refractivity contribution in [3.8, 4) is 0 Å². The lowest BCUT2D eigenvalue weighted by atomic mass is 10.2. The van der Waals surface area contributed by atoms with Crippen molar-refractivity contribution in [1.29, 1.82) is 0 Å². The highest BCUT2D eigenvalue weighted by atomic mass is 32.1. The van der Waals surface area contributed by atoms with Crippen molar-refractivity contribution in [3.05, 3.63) is 35.2 Å². The largest absolute Gasteiger partial charge is 0.472 e. The average Bonchev–Trinajstić information content (AvgIpc) is 2.99. The number of aromatic nitrogens is 1. The van der Waals surface area contributed by atoms with Gasteiger partial charge in [0.1, 0.15) is 0 Å². The van der Waals surface area contributed by atoms with Gasteiger partial charge < -0.3 is 14.6 Å². The smallest absolute Gasteiger partial charge is 0.185 e. The van der Waals surface area contributed by atoms with Crippen LogP contribution in [-0.4, -0.2) is 18.6 Å². The third-order valence-electron chi connectivity index (χ3n) is 2.72. The molecule has 5 heteroatoms. The number of furan rings is 1. The minimum atomic E-state index is 0.668. The Morgan fingerprint density at radius 1 is 1.47 bits per heavy atom. The highest BCUT2D eigenvalue weighted by Crippen LogP contribution is 2.21. The Balaban J connectivity index is 1.85. The zero-order valence-electron chi connectivity index (χ0n) is 11.7. The van der Waals surface area contributed by atoms with E-state index in [2.05, 4.69) is 41.5 Å². The average molecular weight is 279 g/mol. The van der Waals surface area contributed by atoms with Crippen LogP contribution in [0.1, 0.15) is 25.1 Å². The van der Waals surface area contributed by atoms with E-state index >= 15 is 0 Å². The first-order valence-electron chi connectivity index (χ1n) is 6.52. The second kappa shape index (κ2) is 6.73. The monoisotopic (exact) mass is 279 g/mol. The van der Waals surface area contributed by atoms with Crippen LogP contribution in [0.5, 0.6) is 0 Å². The lowest BCUT2D eigenvalue weighted by Crippen LogP contribution is -2.19. The van der Waals surface area contributed by atoms with Gasteiger partial charge in [0.15, 0.2) is 5.13 Å². The van der Waals surface area contributed by atoms with E-state index in [-0.39, 0.29) is 0 Å². The Morgan fingerprint density at radius 2 is 2.32 bits per heavy atom. The maximum atomic E-state index is 5.08. The molecule has 0 amide bonds. The predicted octanol–water partition coefficient (Wildman–Crippen LogP) is 3.12. The standard InChI is InChI=1S/C14H21N3OS/c1-11(2)6-15-7-13-10-19-14(16-13)17(3)8-12-4-5-18-9-12/h4-5,9-11,15H,6-8H2,1-3H3. The Labute approximate surface area is 118 Å². The molecule has 0 aromatic carbocycles. The van der Waals surface area contributed by atoms with Crippen LogP contribution >= 0.6 is 11.3 Å². The van der Waals surface area contributed by atoms with Gasteiger partial charge in [-0.05, 0) is 18.5 Å². The second-order valence-corrected chi connectivity index (χ2v) is 5.97. The van der Waals surface area contributed by atoms with Crippen LogP contribution in [0, 0.1) is 5.92 Å². The quantitative estimate of drug-likeness (QED) is 0.845. The number of nitrogens with zero attached hydrogens (tertiary/aromatic N) is 2. The molecule has 0 aliphatic rings. The first-order valence-corrected chi connectivity index (χ1v) is 7.40. The summed E-state index contributed by atoms with van der Waals surface area (Å²) < 4.78 is 5.08. The highest BCUT2D eigenvalue weighted by molar-refractivity contribution is 7.13. The number of hydrogen-bond acceptors (Lipinski definition) is 5. The number of nitrogens with one attached hydrogen (secondary N) is 1. The zero-order valence-corrected chi connectivity index (χ0v) is 12.5. The third-order valence-corrected chi connectivity index (χ3v) is 3.73. The van der Waals surface area contributed by atoms with E-state index in [1.54, 1.807) is 23.9 Å². The minimum Gasteiger partial charge on any atom is -0.472 e. The van der Waals surface area contributed by atoms with Crippen LogP contribution in [0.3, 0.4) is 0 Å². The molecule has 0 saturated heterocycles. The molecule has 0 spiro atoms. The fourth-order valence-corrected chi connectivity index (χ4v) is 2.56. The number of thiazole rings is 1. The van der Waals surface area contributed by atoms with Crippen molar-refractivity contribution >= 4 is 16.5 Å². The topological polar surface area (TPSA) is 41.3 Å². The highest BCUT2D eigenvalue weighted by Gasteiger charge is 2.08. The molecule has 2 heterocycles. The molecule has 0 fully saturated rings. The summed E-state index contributed by atoms with van der Waals surface area (Å²) in [5.74, 6) is 0.668. The molecule has 4 nitrogen and oxygen atoms in total. The summed E-state index contributed by atoms with van der Waals surface area (Å²) in [4.78, 5) is 6.78. The van der Waals surface area contributed by atoms with Crippen LogP contribution in [0.25, 0.3) is 0 Å². The van der Waals surface area contributed by atoms with Gasteiger partial charge in [-0.15, -0.1) is 11.3 Å². The molecule has 2 aromatic heterocycles. The lowest BCUT2D eigenvalue weighted by Gasteiger charge is -2.14. The molecule has 0 aliphatic heterocycles. The Morgan fingerprint density at radius 3 is 3.00 bits per heavy atom. The van der Waals surface area contributed by atoms with Crippen LogP contribution in [0.15, 0.2) is 28.4 Å². The minimum absolute atomic E-state index is 0.668. The van der Waals surface area contributed by atoms with E-state index in [0.717, 1.165) is 36.0 Å². The first kappa shape index (κ1) is 14.1. The van der Waals surface area contributed by atoms with Gasteiger partial charge in [0.05, 0.1) is 18.2 Å². The fraction of sp³-hybridized carbons (Fsp3) is 0.500. The Bertz CT molecular complexity index is 479. The van der Waals surface area contributed by atoms with Gasteiger partial charge in [0.2, 0.25) is 0 Å². The summed E-state index contributed by atoms with van der Waals surface area (Å²) in [5.41, 5.74) is 2.27. The molecule has 0 saturated carbocycles. The van der Waals surface area contributed by atoms with E-state index in [1.807, 2.05) is 6.07 Å². The van der Waals surface area contributed by atoms with E-state index in [1.165, 1.54) is 0 Å². The number of anilines is 1. The molecule has 2 aromatic rings. The molecule has 104 valence electrons. The lowest BCUT2D eigenvalue weighted by molar-refractivity contribution is 0.549. The molecule has 0 bridgehead atoms. The Hall–Kier alpha value is -1.33. The molecule has 19 heavy (non-hydrogen) atoms. The fourth-order valence-electron chi connectivity index (χ4n) is 1.77. The number of hydrogen-bond donors (Lipinski definition) is 1. The summed E-state index contributed by atoms with van der Waals surface area (Å²) in [5, 5.41) is 6.57. The SMILES string of the molecule is CC(C)CNCc1csc(N(C)Cc2ccoc2)n1. The number of rotatable bonds is 7. The van der Waals surface area contributed by atoms with Crippen molar-refractivity contribution in [2.45, 2.75) is 26.9 Å². The van der Waals surface area contributed by atoms with Gasteiger partial charge in [-0.3, -0.25) is 0 Å². The van der Waals surface area contributed by atoms with Crippen molar-refractivity contribution in [3.63, 3.8) is 0 Å². The van der Waals surface area contributed by atoms with Gasteiger partial charge >= 0.3 is 0 Å². The molecule has 0 radical (unpaired) electrons. The van der Waals surface area contributed by atoms with Gasteiger partial charge in [-0.2, -0.15) is 0 Å². The van der Waals surface area contributed by atoms with E-state index < -0.39 is 0 Å². The van der Waals surface area contributed by atoms with Crippen LogP contribution in [-0.2, 0) is 13.1 Å². The maximum Gasteiger partial charge on any atom is 0.185 e. The van der Waals surface area contributed by atoms with E-state index in [4.69, 9.17) is 4.42 Å². The van der Waals surface area contributed by atoms with Crippen molar-refractivity contribution < 1.29 is 4.42 Å². The maximum absolute atomic E-state index is 5.08. The van der Waals surface area contributed by atoms with Crippen LogP contribution in [0.2, 0.25) is 0 Å². The Kier molecular flexibility index (Phi) is 4.99. The van der Waals surface area contributed by atoms with Gasteiger partial charge in [0.25, 0.3) is 0 Å². The van der Waals surface area contributed by atoms with Crippen molar-refractivity contribution in [2.24, 2.45) is 5.92 Å². The second-order valence-electron chi connectivity index (χ2n) is 5.13. The summed E-state index contributed by atoms with van der Waals surface area (Å²) in [6, 6.07) is 1.98. The van der Waals surface area contributed by atoms with Gasteiger partial charge in [-0.1, -0.05) is 13.8 Å². The van der Waals surface area contributed by atoms with Crippen molar-refractivity contribution in [2.75, 3.05) is 18.5 Å². The third kappa shape index (κ3) is 4.36. The summed E-state index contributed by atoms with van der Waals surface area (Å²) in [6.07, 6.45) is 3.47. The first-order chi connectivity index (χ1) is 9.15. The normalized spacial score (nSPS) is 11.2. The molecular formula is C14H21N3OS. The van der Waals surface area contributed by atoms with Crippen LogP contribution in [0.4, 0.5) is 5.13 Å².